The number of hydrogen-bond donors (Lipinski definition) is 0. The lowest BCUT2D eigenvalue weighted by molar-refractivity contribution is 0.561. The third kappa shape index (κ3) is 2.49. The molecule has 0 amide bonds. The van der Waals surface area contributed by atoms with Gasteiger partial charge in [0.1, 0.15) is 0 Å². The Bertz CT molecular complexity index is 564. The molecule has 0 saturated carbocycles. The number of nitrogens with zero attached hydrogens (tertiary/aromatic N) is 2. The smallest absolute Gasteiger partial charge is 0.297 e. The number of benzene rings is 1. The summed E-state index contributed by atoms with van der Waals surface area (Å²) in [5, 5.41) is 0. The molecule has 3 heteroatoms. The Balaban J connectivity index is 2.28. The van der Waals surface area contributed by atoms with Crippen LogP contribution in [0.4, 0.5) is 0 Å². The molecule has 2 rings (SSSR count). The SMILES string of the molecule is Cc1cccc(Cn2ccn(C(C)C)c2=O)c1. The summed E-state index contributed by atoms with van der Waals surface area (Å²) in [6.45, 7) is 6.72. The van der Waals surface area contributed by atoms with Crippen LogP contribution in [0.3, 0.4) is 0 Å². The van der Waals surface area contributed by atoms with E-state index < -0.39 is 0 Å². The molecule has 3 nitrogen and oxygen atoms in total. The van der Waals surface area contributed by atoms with E-state index in [0.29, 0.717) is 6.54 Å². The monoisotopic (exact) mass is 230 g/mol. The van der Waals surface area contributed by atoms with E-state index >= 15 is 0 Å². The first-order valence-electron chi connectivity index (χ1n) is 5.91. The maximum atomic E-state index is 12.0. The molecule has 1 heterocycles. The Labute approximate surface area is 101 Å². The molecule has 0 bridgehead atoms. The number of hydrogen-bond acceptors (Lipinski definition) is 1. The average molecular weight is 230 g/mol. The Hall–Kier alpha value is -1.77. The van der Waals surface area contributed by atoms with Gasteiger partial charge in [0.15, 0.2) is 0 Å². The Morgan fingerprint density at radius 3 is 2.59 bits per heavy atom. The van der Waals surface area contributed by atoms with Crippen molar-refractivity contribution in [1.82, 2.24) is 9.13 Å². The topological polar surface area (TPSA) is 26.9 Å². The molecule has 0 N–H and O–H groups in total. The van der Waals surface area contributed by atoms with Crippen LogP contribution in [0.5, 0.6) is 0 Å². The summed E-state index contributed by atoms with van der Waals surface area (Å²) in [5.74, 6) is 0. The highest BCUT2D eigenvalue weighted by Gasteiger charge is 2.06. The molecule has 17 heavy (non-hydrogen) atoms. The standard InChI is InChI=1S/C14H18N2O/c1-11(2)16-8-7-15(14(16)17)10-13-6-4-5-12(3)9-13/h4-9,11H,10H2,1-3H3. The summed E-state index contributed by atoms with van der Waals surface area (Å²) < 4.78 is 3.49. The quantitative estimate of drug-likeness (QED) is 0.796. The van der Waals surface area contributed by atoms with Gasteiger partial charge < -0.3 is 0 Å². The van der Waals surface area contributed by atoms with Crippen molar-refractivity contribution in [3.05, 3.63) is 58.3 Å². The molecule has 2 aromatic rings. The van der Waals surface area contributed by atoms with E-state index in [2.05, 4.69) is 19.1 Å². The lowest BCUT2D eigenvalue weighted by Gasteiger charge is -2.05. The Morgan fingerprint density at radius 1 is 1.24 bits per heavy atom. The van der Waals surface area contributed by atoms with Crippen LogP contribution in [0.15, 0.2) is 41.5 Å². The van der Waals surface area contributed by atoms with Crippen LogP contribution in [-0.4, -0.2) is 9.13 Å². The molecule has 0 aliphatic carbocycles. The highest BCUT2D eigenvalue weighted by atomic mass is 16.1. The van der Waals surface area contributed by atoms with Crippen molar-refractivity contribution in [3.63, 3.8) is 0 Å². The predicted molar refractivity (Wildman–Crippen MR) is 69.4 cm³/mol. The molecule has 0 saturated heterocycles. The minimum Gasteiger partial charge on any atom is -0.297 e. The Kier molecular flexibility index (Phi) is 3.18. The van der Waals surface area contributed by atoms with Crippen molar-refractivity contribution < 1.29 is 0 Å². The van der Waals surface area contributed by atoms with E-state index in [1.807, 2.05) is 38.4 Å². The van der Waals surface area contributed by atoms with E-state index in [9.17, 15) is 4.79 Å². The maximum Gasteiger partial charge on any atom is 0.328 e. The van der Waals surface area contributed by atoms with Gasteiger partial charge in [-0.05, 0) is 26.3 Å². The van der Waals surface area contributed by atoms with Gasteiger partial charge in [-0.3, -0.25) is 9.13 Å². The molecule has 0 atom stereocenters. The predicted octanol–water partition coefficient (Wildman–Crippen LogP) is 2.59. The summed E-state index contributed by atoms with van der Waals surface area (Å²) in [7, 11) is 0. The fraction of sp³-hybridized carbons (Fsp3) is 0.357. The van der Waals surface area contributed by atoms with Gasteiger partial charge in [-0.2, -0.15) is 0 Å². The number of imidazole rings is 1. The maximum absolute atomic E-state index is 12.0. The highest BCUT2D eigenvalue weighted by molar-refractivity contribution is 5.22. The van der Waals surface area contributed by atoms with Crippen molar-refractivity contribution in [1.29, 1.82) is 0 Å². The minimum atomic E-state index is 0.0570. The van der Waals surface area contributed by atoms with Gasteiger partial charge >= 0.3 is 5.69 Å². The van der Waals surface area contributed by atoms with Crippen molar-refractivity contribution in [2.24, 2.45) is 0 Å². The first-order chi connectivity index (χ1) is 8.08. The van der Waals surface area contributed by atoms with Crippen LogP contribution in [0, 0.1) is 6.92 Å². The first kappa shape index (κ1) is 11.7. The second kappa shape index (κ2) is 4.62. The van der Waals surface area contributed by atoms with Crippen LogP contribution in [-0.2, 0) is 6.54 Å². The molecule has 0 fully saturated rings. The average Bonchev–Trinajstić information content (AvgIpc) is 2.61. The second-order valence-corrected chi connectivity index (χ2v) is 4.70. The first-order valence-corrected chi connectivity index (χ1v) is 5.91. The third-order valence-electron chi connectivity index (χ3n) is 2.87. The van der Waals surface area contributed by atoms with Gasteiger partial charge in [-0.1, -0.05) is 29.8 Å². The summed E-state index contributed by atoms with van der Waals surface area (Å²) in [6.07, 6.45) is 3.70. The zero-order valence-electron chi connectivity index (χ0n) is 10.6. The van der Waals surface area contributed by atoms with E-state index in [1.54, 1.807) is 9.13 Å². The number of aryl methyl sites for hydroxylation is 1. The minimum absolute atomic E-state index is 0.0570. The molecule has 0 aliphatic rings. The van der Waals surface area contributed by atoms with Gasteiger partial charge in [-0.25, -0.2) is 4.79 Å². The van der Waals surface area contributed by atoms with Crippen molar-refractivity contribution in [2.45, 2.75) is 33.4 Å². The summed E-state index contributed by atoms with van der Waals surface area (Å²) in [4.78, 5) is 12.0. The zero-order valence-corrected chi connectivity index (χ0v) is 10.6. The van der Waals surface area contributed by atoms with Crippen molar-refractivity contribution in [3.8, 4) is 0 Å². The summed E-state index contributed by atoms with van der Waals surface area (Å²) in [5.41, 5.74) is 2.44. The summed E-state index contributed by atoms with van der Waals surface area (Å²) >= 11 is 0. The molecule has 0 unspecified atom stereocenters. The van der Waals surface area contributed by atoms with Crippen LogP contribution in [0.25, 0.3) is 0 Å². The molecule has 1 aromatic heterocycles. The molecule has 90 valence electrons. The second-order valence-electron chi connectivity index (χ2n) is 4.70. The zero-order chi connectivity index (χ0) is 12.4. The highest BCUT2D eigenvalue weighted by Crippen LogP contribution is 2.06. The van der Waals surface area contributed by atoms with Gasteiger partial charge in [0.25, 0.3) is 0 Å². The fourth-order valence-corrected chi connectivity index (χ4v) is 1.95. The van der Waals surface area contributed by atoms with Crippen molar-refractivity contribution in [2.75, 3.05) is 0 Å². The van der Waals surface area contributed by atoms with Gasteiger partial charge in [0.2, 0.25) is 0 Å². The van der Waals surface area contributed by atoms with Crippen LogP contribution < -0.4 is 5.69 Å². The van der Waals surface area contributed by atoms with E-state index in [4.69, 9.17) is 0 Å². The molecular weight excluding hydrogens is 212 g/mol. The van der Waals surface area contributed by atoms with Gasteiger partial charge in [0.05, 0.1) is 6.54 Å². The van der Waals surface area contributed by atoms with E-state index in [1.165, 1.54) is 5.56 Å². The van der Waals surface area contributed by atoms with E-state index in [-0.39, 0.29) is 11.7 Å². The lowest BCUT2D eigenvalue weighted by Crippen LogP contribution is -2.25. The largest absolute Gasteiger partial charge is 0.328 e. The van der Waals surface area contributed by atoms with Crippen LogP contribution >= 0.6 is 0 Å². The lowest BCUT2D eigenvalue weighted by atomic mass is 10.1. The molecule has 0 radical (unpaired) electrons. The normalized spacial score (nSPS) is 11.1. The van der Waals surface area contributed by atoms with E-state index in [0.717, 1.165) is 5.56 Å². The van der Waals surface area contributed by atoms with Crippen LogP contribution in [0.2, 0.25) is 0 Å². The third-order valence-corrected chi connectivity index (χ3v) is 2.87. The molecule has 1 aromatic carbocycles. The van der Waals surface area contributed by atoms with Crippen molar-refractivity contribution >= 4 is 0 Å². The van der Waals surface area contributed by atoms with Crippen LogP contribution in [0.1, 0.15) is 31.0 Å². The summed E-state index contributed by atoms with van der Waals surface area (Å²) in [6, 6.07) is 8.45. The molecule has 0 aliphatic heterocycles. The molecular formula is C14H18N2O. The van der Waals surface area contributed by atoms with Gasteiger partial charge in [0, 0.05) is 18.4 Å². The fourth-order valence-electron chi connectivity index (χ4n) is 1.95. The van der Waals surface area contributed by atoms with Gasteiger partial charge in [-0.15, -0.1) is 0 Å². The Morgan fingerprint density at radius 2 is 2.00 bits per heavy atom. The molecule has 0 spiro atoms. The number of rotatable bonds is 3. The number of aromatic nitrogens is 2.